The Morgan fingerprint density at radius 2 is 1.81 bits per heavy atom. The topological polar surface area (TPSA) is 159 Å². The number of hydrogen-bond acceptors (Lipinski definition) is 6. The molecule has 0 unspecified atom stereocenters. The molecule has 0 fully saturated rings. The van der Waals surface area contributed by atoms with Gasteiger partial charge in [0.1, 0.15) is 18.6 Å². The Balaban J connectivity index is -0.000000602. The van der Waals surface area contributed by atoms with Crippen LogP contribution in [0.2, 0.25) is 0 Å². The Morgan fingerprint density at radius 1 is 1.24 bits per heavy atom. The number of aliphatic carboxylic acids is 2. The quantitative estimate of drug-likeness (QED) is 0.203. The minimum Gasteiger partial charge on any atom is -1.00 e. The number of thiol groups is 1. The molecule has 2 amide bonds. The van der Waals surface area contributed by atoms with Gasteiger partial charge in [-0.3, -0.25) is 19.2 Å². The normalized spacial score (nSPS) is 12.5. The van der Waals surface area contributed by atoms with Crippen LogP contribution in [0.4, 0.5) is 0 Å². The first-order valence-corrected chi connectivity index (χ1v) is 6.29. The minimum atomic E-state index is -1.22. The van der Waals surface area contributed by atoms with Crippen LogP contribution in [0.1, 0.15) is 15.7 Å². The van der Waals surface area contributed by atoms with Crippen LogP contribution < -0.4 is 16.4 Å². The van der Waals surface area contributed by atoms with Crippen LogP contribution in [-0.2, 0) is 19.2 Å². The zero-order valence-corrected chi connectivity index (χ0v) is 13.6. The van der Waals surface area contributed by atoms with Gasteiger partial charge in [0.15, 0.2) is 0 Å². The predicted molar refractivity (Wildman–Crippen MR) is 79.3 cm³/mol. The summed E-state index contributed by atoms with van der Waals surface area (Å²) in [4.78, 5) is 43.7. The molecule has 0 saturated heterocycles. The Labute approximate surface area is 145 Å². The SMILES string of the molecule is N[C@@H](CCC(=O)N[C@@H](CS)C(=O)NCC(=O)O)C(=O)O.[H-].[H-].[Mg+2]. The van der Waals surface area contributed by atoms with E-state index in [9.17, 15) is 19.2 Å². The number of nitrogens with two attached hydrogens (primary N) is 1. The molecule has 0 rings (SSSR count). The van der Waals surface area contributed by atoms with Crippen molar-refractivity contribution in [2.75, 3.05) is 12.3 Å². The molecule has 0 aromatic rings. The summed E-state index contributed by atoms with van der Waals surface area (Å²) in [6, 6.07) is -2.15. The molecule has 0 aliphatic carbocycles. The number of carboxylic acid groups (broad SMARTS) is 2. The maximum absolute atomic E-state index is 11.5. The number of amides is 2. The zero-order valence-electron chi connectivity index (χ0n) is 13.2. The first-order valence-electron chi connectivity index (χ1n) is 5.66. The minimum absolute atomic E-state index is 0. The van der Waals surface area contributed by atoms with E-state index in [2.05, 4.69) is 23.3 Å². The van der Waals surface area contributed by atoms with Crippen molar-refractivity contribution in [1.82, 2.24) is 10.6 Å². The van der Waals surface area contributed by atoms with Gasteiger partial charge in [0.05, 0.1) is 0 Å². The third-order valence-electron chi connectivity index (χ3n) is 2.25. The smallest absolute Gasteiger partial charge is 1.00 e. The van der Waals surface area contributed by atoms with E-state index >= 15 is 0 Å². The molecular weight excluding hydrogens is 314 g/mol. The maximum atomic E-state index is 11.5. The van der Waals surface area contributed by atoms with Crippen LogP contribution in [0, 0.1) is 0 Å². The average molecular weight is 334 g/mol. The van der Waals surface area contributed by atoms with Crippen LogP contribution in [0.3, 0.4) is 0 Å². The molecule has 9 nitrogen and oxygen atoms in total. The van der Waals surface area contributed by atoms with Crippen LogP contribution in [-0.4, -0.2) is 81.4 Å². The van der Waals surface area contributed by atoms with Crippen LogP contribution in [0.25, 0.3) is 0 Å². The first kappa shape index (κ1) is 22.2. The Bertz CT molecular complexity index is 405. The van der Waals surface area contributed by atoms with Crippen molar-refractivity contribution >= 4 is 59.4 Å². The third-order valence-corrected chi connectivity index (χ3v) is 2.61. The fourth-order valence-electron chi connectivity index (χ4n) is 1.16. The van der Waals surface area contributed by atoms with Gasteiger partial charge in [-0.2, -0.15) is 12.6 Å². The molecule has 0 saturated carbocycles. The Kier molecular flexibility index (Phi) is 12.3. The fraction of sp³-hybridized carbons (Fsp3) is 0.600. The molecule has 0 aliphatic rings. The molecule has 11 heteroatoms. The van der Waals surface area contributed by atoms with E-state index in [4.69, 9.17) is 15.9 Å². The summed E-state index contributed by atoms with van der Waals surface area (Å²) in [5.41, 5.74) is 5.23. The zero-order chi connectivity index (χ0) is 15.7. The molecule has 21 heavy (non-hydrogen) atoms. The number of hydrogen-bond donors (Lipinski definition) is 6. The number of carboxylic acids is 2. The van der Waals surface area contributed by atoms with E-state index in [1.165, 1.54) is 0 Å². The van der Waals surface area contributed by atoms with Crippen molar-refractivity contribution in [2.24, 2.45) is 5.73 Å². The van der Waals surface area contributed by atoms with Gasteiger partial charge in [-0.25, -0.2) is 0 Å². The number of carbonyl (C=O) groups is 4. The van der Waals surface area contributed by atoms with Gasteiger partial charge in [0, 0.05) is 12.2 Å². The van der Waals surface area contributed by atoms with Gasteiger partial charge in [0.25, 0.3) is 0 Å². The summed E-state index contributed by atoms with van der Waals surface area (Å²) >= 11 is 3.87. The van der Waals surface area contributed by atoms with E-state index in [1.807, 2.05) is 0 Å². The summed E-state index contributed by atoms with van der Waals surface area (Å²) in [7, 11) is 0. The van der Waals surface area contributed by atoms with Crippen molar-refractivity contribution in [1.29, 1.82) is 0 Å². The molecule has 0 radical (unpaired) electrons. The maximum Gasteiger partial charge on any atom is 2.00 e. The second kappa shape index (κ2) is 11.6. The molecule has 0 aromatic heterocycles. The summed E-state index contributed by atoms with van der Waals surface area (Å²) in [6.07, 6.45) is -0.235. The molecule has 0 spiro atoms. The van der Waals surface area contributed by atoms with Crippen molar-refractivity contribution in [3.63, 3.8) is 0 Å². The molecule has 2 atom stereocenters. The Morgan fingerprint density at radius 3 is 2.24 bits per heavy atom. The second-order valence-corrected chi connectivity index (χ2v) is 4.26. The number of carbonyl (C=O) groups excluding carboxylic acids is 2. The molecule has 0 aliphatic heterocycles. The average Bonchev–Trinajstić information content (AvgIpc) is 2.38. The fourth-order valence-corrected chi connectivity index (χ4v) is 1.41. The first-order chi connectivity index (χ1) is 9.27. The molecule has 0 heterocycles. The van der Waals surface area contributed by atoms with Crippen molar-refractivity contribution in [3.8, 4) is 0 Å². The summed E-state index contributed by atoms with van der Waals surface area (Å²) in [6.45, 7) is -0.567. The van der Waals surface area contributed by atoms with E-state index in [0.717, 1.165) is 0 Å². The predicted octanol–water partition coefficient (Wildman–Crippen LogP) is -2.36. The van der Waals surface area contributed by atoms with Crippen molar-refractivity contribution in [2.45, 2.75) is 24.9 Å². The summed E-state index contributed by atoms with van der Waals surface area (Å²) in [5, 5.41) is 21.4. The van der Waals surface area contributed by atoms with Crippen LogP contribution in [0.15, 0.2) is 0 Å². The van der Waals surface area contributed by atoms with Gasteiger partial charge in [0.2, 0.25) is 11.8 Å². The van der Waals surface area contributed by atoms with E-state index in [-0.39, 0.29) is 44.5 Å². The van der Waals surface area contributed by atoms with Gasteiger partial charge >= 0.3 is 35.0 Å². The van der Waals surface area contributed by atoms with Gasteiger partial charge in [-0.1, -0.05) is 0 Å². The molecule has 6 N–H and O–H groups in total. The number of nitrogens with one attached hydrogen (secondary N) is 2. The summed E-state index contributed by atoms with van der Waals surface area (Å²) in [5.74, 6) is -3.70. The van der Waals surface area contributed by atoms with Crippen molar-refractivity contribution < 1.29 is 32.2 Å². The van der Waals surface area contributed by atoms with E-state index in [0.29, 0.717) is 0 Å². The third kappa shape index (κ3) is 10.3. The molecule has 0 bridgehead atoms. The number of rotatable bonds is 9. The van der Waals surface area contributed by atoms with E-state index < -0.39 is 42.4 Å². The summed E-state index contributed by atoms with van der Waals surface area (Å²) < 4.78 is 0. The standard InChI is InChI=1S/C10H17N3O6S.Mg.2H/c11-5(10(18)19)1-2-7(14)13-6(4-20)9(17)12-3-8(15)16;;;/h5-6,20H,1-4,11H2,(H,12,17)(H,13,14)(H,15,16)(H,18,19);;;/q;+2;2*-1/t5-,6-;;;/m0.../s1. The Hall–Kier alpha value is -1.04. The molecular formula is C10H19MgN3O6S. The monoisotopic (exact) mass is 333 g/mol. The van der Waals surface area contributed by atoms with Crippen LogP contribution in [0.5, 0.6) is 0 Å². The van der Waals surface area contributed by atoms with Crippen LogP contribution >= 0.6 is 12.6 Å². The largest absolute Gasteiger partial charge is 2.00 e. The molecule has 118 valence electrons. The second-order valence-electron chi connectivity index (χ2n) is 3.90. The van der Waals surface area contributed by atoms with Crippen molar-refractivity contribution in [3.05, 3.63) is 0 Å². The van der Waals surface area contributed by atoms with Gasteiger partial charge in [-0.15, -0.1) is 0 Å². The van der Waals surface area contributed by atoms with Gasteiger partial charge in [-0.05, 0) is 6.42 Å². The molecule has 0 aromatic carbocycles. The van der Waals surface area contributed by atoms with Gasteiger partial charge < -0.3 is 29.4 Å². The van der Waals surface area contributed by atoms with E-state index in [1.54, 1.807) is 0 Å².